The van der Waals surface area contributed by atoms with E-state index in [1.165, 1.54) is 0 Å². The Morgan fingerprint density at radius 3 is 2.41 bits per heavy atom. The predicted molar refractivity (Wildman–Crippen MR) is 157 cm³/mol. The number of phenols is 1. The summed E-state index contributed by atoms with van der Waals surface area (Å²) in [6.07, 6.45) is 3.49. The minimum atomic E-state index is -0.118. The monoisotopic (exact) mass is 717 g/mol. The van der Waals surface area contributed by atoms with E-state index in [2.05, 4.69) is 53.3 Å². The molecule has 5 heterocycles. The van der Waals surface area contributed by atoms with Crippen molar-refractivity contribution in [3.8, 4) is 22.6 Å². The summed E-state index contributed by atoms with van der Waals surface area (Å²) in [4.78, 5) is 14.2. The van der Waals surface area contributed by atoms with Crippen molar-refractivity contribution in [3.63, 3.8) is 0 Å². The van der Waals surface area contributed by atoms with Crippen LogP contribution in [0.15, 0.2) is 89.6 Å². The minimum Gasteiger partial charge on any atom is -0.513 e. The predicted octanol–water partition coefficient (Wildman–Crippen LogP) is 7.59. The van der Waals surface area contributed by atoms with Crippen LogP contribution in [0.25, 0.3) is 66.9 Å². The molecule has 0 saturated heterocycles. The van der Waals surface area contributed by atoms with Crippen LogP contribution in [-0.4, -0.2) is 29.0 Å². The molecule has 0 saturated carbocycles. The van der Waals surface area contributed by atoms with E-state index in [4.69, 9.17) is 9.40 Å². The largest absolute Gasteiger partial charge is 0.513 e. The van der Waals surface area contributed by atoms with Crippen LogP contribution >= 0.6 is 0 Å². The molecule has 8 rings (SSSR count). The Morgan fingerprint density at radius 1 is 0.854 bits per heavy atom. The number of benzene rings is 3. The molecule has 0 aliphatic carbocycles. The summed E-state index contributed by atoms with van der Waals surface area (Å²) in [7, 11) is 0. The first kappa shape index (κ1) is 25.5. The van der Waals surface area contributed by atoms with E-state index in [1.807, 2.05) is 65.2 Å². The van der Waals surface area contributed by atoms with Crippen molar-refractivity contribution in [1.29, 1.82) is 0 Å². The smallest absolute Gasteiger partial charge is 0.220 e. The molecular weight excluding hydrogens is 693 g/mol. The third kappa shape index (κ3) is 3.65. The first-order valence-electron chi connectivity index (χ1n) is 13.2. The van der Waals surface area contributed by atoms with Gasteiger partial charge in [-0.3, -0.25) is 14.0 Å². The number of nitrogens with zero attached hydrogens (tertiary/aromatic N) is 5. The van der Waals surface area contributed by atoms with Gasteiger partial charge in [-0.2, -0.15) is 0 Å². The van der Waals surface area contributed by atoms with Crippen LogP contribution in [0, 0.1) is 6.07 Å². The molecule has 0 atom stereocenters. The second-order valence-electron chi connectivity index (χ2n) is 11.1. The molecule has 0 radical (unpaired) electrons. The number of aromatic hydroxyl groups is 1. The molecule has 8 aromatic rings. The number of phenolic OH excluding ortho intramolecular Hbond substituents is 1. The maximum Gasteiger partial charge on any atom is 0.220 e. The van der Waals surface area contributed by atoms with Gasteiger partial charge in [0.15, 0.2) is 5.71 Å². The number of para-hydroxylation sites is 5. The molecule has 3 aromatic carbocycles. The van der Waals surface area contributed by atoms with Gasteiger partial charge in [-0.1, -0.05) is 62.7 Å². The first-order valence-corrected chi connectivity index (χ1v) is 13.2. The van der Waals surface area contributed by atoms with Crippen LogP contribution in [0.1, 0.15) is 26.3 Å². The Bertz CT molecular complexity index is 2290. The van der Waals surface area contributed by atoms with E-state index in [-0.39, 0.29) is 32.2 Å². The van der Waals surface area contributed by atoms with Crippen molar-refractivity contribution in [2.45, 2.75) is 26.2 Å². The number of fused-ring (bicyclic) bond motifs is 8. The quantitative estimate of drug-likeness (QED) is 0.187. The van der Waals surface area contributed by atoms with Crippen LogP contribution in [-0.2, 0) is 26.5 Å². The van der Waals surface area contributed by atoms with Gasteiger partial charge >= 0.3 is 0 Å². The molecular formula is C33H24N5O2Pt-. The SMILES string of the molecule is CC(C)(C)c1ccnc2c1oc1ncc(-c3cccc(-n4c5ccccc5n5c6ccccc6nc45)c3O)[c-]c12.[Pt]. The Balaban J connectivity index is 0.00000276. The zero-order chi connectivity index (χ0) is 27.2. The fourth-order valence-corrected chi connectivity index (χ4v) is 5.72. The average Bonchev–Trinajstić information content (AvgIpc) is 3.61. The normalized spacial score (nSPS) is 12.2. The summed E-state index contributed by atoms with van der Waals surface area (Å²) < 4.78 is 10.3. The molecule has 0 spiro atoms. The van der Waals surface area contributed by atoms with Crippen molar-refractivity contribution in [3.05, 3.63) is 96.8 Å². The first-order chi connectivity index (χ1) is 19.4. The fourth-order valence-electron chi connectivity index (χ4n) is 5.72. The molecule has 0 amide bonds. The summed E-state index contributed by atoms with van der Waals surface area (Å²) in [5.41, 5.74) is 8.60. The van der Waals surface area contributed by atoms with E-state index < -0.39 is 0 Å². The van der Waals surface area contributed by atoms with Crippen molar-refractivity contribution in [2.24, 2.45) is 0 Å². The van der Waals surface area contributed by atoms with Crippen molar-refractivity contribution < 1.29 is 30.6 Å². The van der Waals surface area contributed by atoms with Gasteiger partial charge in [0.1, 0.15) is 11.3 Å². The van der Waals surface area contributed by atoms with E-state index in [9.17, 15) is 5.11 Å². The Kier molecular flexibility index (Phi) is 5.60. The number of aromatic nitrogens is 5. The minimum absolute atomic E-state index is 0. The van der Waals surface area contributed by atoms with Crippen LogP contribution < -0.4 is 0 Å². The van der Waals surface area contributed by atoms with Gasteiger partial charge in [0.05, 0.1) is 33.3 Å². The standard InChI is InChI=1S/C33H24N5O2.Pt/c1-33(2,3)22-15-16-34-28-21-17-19(18-35-31(21)40-30(22)28)20-9-8-14-27(29(20)39)38-26-13-7-6-12-25(26)37-24-11-5-4-10-23(24)36-32(37)38;/h4-16,18,39H,1-3H3;/q-1;. The maximum absolute atomic E-state index is 11.7. The van der Waals surface area contributed by atoms with Crippen LogP contribution in [0.5, 0.6) is 5.75 Å². The van der Waals surface area contributed by atoms with E-state index in [1.54, 1.807) is 12.4 Å². The van der Waals surface area contributed by atoms with Crippen molar-refractivity contribution >= 4 is 50.0 Å². The molecule has 5 aromatic heterocycles. The van der Waals surface area contributed by atoms with Crippen LogP contribution in [0.2, 0.25) is 0 Å². The van der Waals surface area contributed by atoms with Gasteiger partial charge < -0.3 is 14.5 Å². The van der Waals surface area contributed by atoms with E-state index in [0.29, 0.717) is 27.9 Å². The molecule has 0 aliphatic rings. The topological polar surface area (TPSA) is 81.4 Å². The number of imidazole rings is 2. The zero-order valence-electron chi connectivity index (χ0n) is 22.5. The number of pyridine rings is 2. The van der Waals surface area contributed by atoms with E-state index in [0.717, 1.165) is 44.5 Å². The van der Waals surface area contributed by atoms with Crippen LogP contribution in [0.3, 0.4) is 0 Å². The molecule has 0 bridgehead atoms. The Hall–Kier alpha value is -4.48. The summed E-state index contributed by atoms with van der Waals surface area (Å²) in [6, 6.07) is 27.3. The van der Waals surface area contributed by atoms with Gasteiger partial charge in [-0.05, 0) is 64.5 Å². The Morgan fingerprint density at radius 2 is 1.61 bits per heavy atom. The molecule has 0 fully saturated rings. The number of rotatable bonds is 2. The number of hydrogen-bond donors (Lipinski definition) is 1. The summed E-state index contributed by atoms with van der Waals surface area (Å²) in [5, 5.41) is 12.4. The molecule has 7 nitrogen and oxygen atoms in total. The summed E-state index contributed by atoms with van der Waals surface area (Å²) in [5.74, 6) is 0.846. The van der Waals surface area contributed by atoms with E-state index >= 15 is 0 Å². The van der Waals surface area contributed by atoms with Gasteiger partial charge in [-0.25, -0.2) is 4.98 Å². The van der Waals surface area contributed by atoms with Crippen molar-refractivity contribution in [2.75, 3.05) is 0 Å². The average molecular weight is 718 g/mol. The second-order valence-corrected chi connectivity index (χ2v) is 11.1. The zero-order valence-corrected chi connectivity index (χ0v) is 24.8. The second kappa shape index (κ2) is 9.01. The molecule has 0 unspecified atom stereocenters. The molecule has 0 aliphatic heterocycles. The van der Waals surface area contributed by atoms with Gasteiger partial charge in [-0.15, -0.1) is 6.07 Å². The van der Waals surface area contributed by atoms with Gasteiger partial charge in [0, 0.05) is 27.3 Å². The Labute approximate surface area is 249 Å². The van der Waals surface area contributed by atoms with Crippen LogP contribution in [0.4, 0.5) is 0 Å². The summed E-state index contributed by atoms with van der Waals surface area (Å²) >= 11 is 0. The van der Waals surface area contributed by atoms with Crippen molar-refractivity contribution in [1.82, 2.24) is 23.9 Å². The summed E-state index contributed by atoms with van der Waals surface area (Å²) in [6.45, 7) is 6.43. The molecule has 8 heteroatoms. The third-order valence-corrected chi connectivity index (χ3v) is 7.58. The maximum atomic E-state index is 11.7. The van der Waals surface area contributed by atoms with Gasteiger partial charge in [0.25, 0.3) is 0 Å². The molecule has 204 valence electrons. The number of hydrogen-bond acceptors (Lipinski definition) is 5. The molecule has 41 heavy (non-hydrogen) atoms. The third-order valence-electron chi connectivity index (χ3n) is 7.58. The number of furan rings is 1. The molecule has 1 N–H and O–H groups in total. The van der Waals surface area contributed by atoms with Gasteiger partial charge in [0.2, 0.25) is 5.78 Å². The fraction of sp³-hybridized carbons (Fsp3) is 0.121.